The molecule has 26 heavy (non-hydrogen) atoms. The number of anilines is 1. The number of fused-ring (bicyclic) bond motifs is 1. The highest BCUT2D eigenvalue weighted by molar-refractivity contribution is 5.94. The van der Waals surface area contributed by atoms with Crippen molar-refractivity contribution in [2.75, 3.05) is 18.9 Å². The molecule has 0 aliphatic carbocycles. The third-order valence-electron chi connectivity index (χ3n) is 3.93. The zero-order valence-corrected chi connectivity index (χ0v) is 14.3. The van der Waals surface area contributed by atoms with Gasteiger partial charge in [0.05, 0.1) is 17.6 Å². The van der Waals surface area contributed by atoms with Gasteiger partial charge in [-0.3, -0.25) is 9.59 Å². The Bertz CT molecular complexity index is 905. The van der Waals surface area contributed by atoms with Crippen LogP contribution in [0, 0.1) is 5.82 Å². The van der Waals surface area contributed by atoms with Crippen LogP contribution < -0.4 is 5.32 Å². The molecule has 3 aromatic rings. The van der Waals surface area contributed by atoms with E-state index in [0.29, 0.717) is 12.1 Å². The molecule has 0 aliphatic rings. The van der Waals surface area contributed by atoms with Crippen LogP contribution in [0.5, 0.6) is 0 Å². The number of aromatic amines is 1. The molecule has 3 rings (SSSR count). The Kier molecular flexibility index (Phi) is 5.26. The van der Waals surface area contributed by atoms with Crippen molar-refractivity contribution < 1.29 is 14.0 Å². The van der Waals surface area contributed by atoms with Gasteiger partial charge in [-0.05, 0) is 30.3 Å². The summed E-state index contributed by atoms with van der Waals surface area (Å²) in [6.07, 6.45) is 0.701. The first-order valence-corrected chi connectivity index (χ1v) is 8.24. The second kappa shape index (κ2) is 7.77. The number of amides is 2. The third-order valence-corrected chi connectivity index (χ3v) is 3.93. The van der Waals surface area contributed by atoms with Gasteiger partial charge in [-0.2, -0.15) is 0 Å². The molecule has 1 aromatic heterocycles. The van der Waals surface area contributed by atoms with Crippen molar-refractivity contribution in [3.63, 3.8) is 0 Å². The number of aromatic nitrogens is 2. The average Bonchev–Trinajstić information content (AvgIpc) is 3.02. The van der Waals surface area contributed by atoms with E-state index in [9.17, 15) is 14.0 Å². The molecule has 0 radical (unpaired) electrons. The fourth-order valence-electron chi connectivity index (χ4n) is 2.61. The number of hydrogen-bond donors (Lipinski definition) is 2. The number of halogens is 1. The number of hydrogen-bond acceptors (Lipinski definition) is 3. The quantitative estimate of drug-likeness (QED) is 0.714. The highest BCUT2D eigenvalue weighted by Crippen LogP contribution is 2.12. The number of likely N-dealkylation sites (N-methyl/N-ethyl adjacent to an activating group) is 1. The van der Waals surface area contributed by atoms with E-state index >= 15 is 0 Å². The summed E-state index contributed by atoms with van der Waals surface area (Å²) < 4.78 is 13.1. The van der Waals surface area contributed by atoms with Crippen molar-refractivity contribution in [3.05, 3.63) is 60.2 Å². The van der Waals surface area contributed by atoms with Crippen molar-refractivity contribution in [1.82, 2.24) is 14.9 Å². The van der Waals surface area contributed by atoms with Crippen LogP contribution in [0.25, 0.3) is 11.0 Å². The first kappa shape index (κ1) is 17.6. The van der Waals surface area contributed by atoms with Gasteiger partial charge >= 0.3 is 0 Å². The van der Waals surface area contributed by atoms with Gasteiger partial charge in [0, 0.05) is 25.6 Å². The van der Waals surface area contributed by atoms with Crippen LogP contribution >= 0.6 is 0 Å². The van der Waals surface area contributed by atoms with E-state index < -0.39 is 5.82 Å². The number of H-pyrrole nitrogens is 1. The van der Waals surface area contributed by atoms with Gasteiger partial charge in [0.15, 0.2) is 0 Å². The molecule has 1 heterocycles. The van der Waals surface area contributed by atoms with Gasteiger partial charge in [0.25, 0.3) is 0 Å². The third kappa shape index (κ3) is 4.44. The second-order valence-corrected chi connectivity index (χ2v) is 6.01. The van der Waals surface area contributed by atoms with Crippen molar-refractivity contribution in [2.45, 2.75) is 12.8 Å². The summed E-state index contributed by atoms with van der Waals surface area (Å²) in [6.45, 7) is -0.102. The van der Waals surface area contributed by atoms with Crippen LogP contribution in [0.3, 0.4) is 0 Å². The number of para-hydroxylation sites is 2. The first-order chi connectivity index (χ1) is 12.5. The largest absolute Gasteiger partial charge is 0.342 e. The summed E-state index contributed by atoms with van der Waals surface area (Å²) in [4.78, 5) is 33.1. The van der Waals surface area contributed by atoms with E-state index in [0.717, 1.165) is 16.9 Å². The number of nitrogens with one attached hydrogen (secondary N) is 2. The molecule has 0 spiro atoms. The maximum absolute atomic E-state index is 13.1. The van der Waals surface area contributed by atoms with Crippen LogP contribution in [0.1, 0.15) is 12.2 Å². The maximum Gasteiger partial charge on any atom is 0.243 e. The molecule has 6 nitrogen and oxygen atoms in total. The predicted molar refractivity (Wildman–Crippen MR) is 97.1 cm³/mol. The molecule has 134 valence electrons. The second-order valence-electron chi connectivity index (χ2n) is 6.01. The molecule has 0 fully saturated rings. The molecule has 2 aromatic carbocycles. The summed E-state index contributed by atoms with van der Waals surface area (Å²) >= 11 is 0. The zero-order valence-electron chi connectivity index (χ0n) is 14.3. The van der Waals surface area contributed by atoms with E-state index in [2.05, 4.69) is 15.3 Å². The highest BCUT2D eigenvalue weighted by atomic mass is 19.1. The minimum atomic E-state index is -0.432. The number of carbonyl (C=O) groups is 2. The molecule has 2 N–H and O–H groups in total. The SMILES string of the molecule is CN(CC(=O)Nc1cccc(F)c1)C(=O)CCc1nc2ccccc2[nH]1. The maximum atomic E-state index is 13.1. The minimum absolute atomic E-state index is 0.102. The van der Waals surface area contributed by atoms with Crippen molar-refractivity contribution >= 4 is 28.5 Å². The van der Waals surface area contributed by atoms with Crippen LogP contribution in [-0.2, 0) is 16.0 Å². The smallest absolute Gasteiger partial charge is 0.243 e. The molecule has 2 amide bonds. The topological polar surface area (TPSA) is 78.1 Å². The Morgan fingerprint density at radius 2 is 2.00 bits per heavy atom. The molecular weight excluding hydrogens is 335 g/mol. The summed E-state index contributed by atoms with van der Waals surface area (Å²) in [6, 6.07) is 13.3. The lowest BCUT2D eigenvalue weighted by Crippen LogP contribution is -2.35. The van der Waals surface area contributed by atoms with Crippen molar-refractivity contribution in [3.8, 4) is 0 Å². The normalized spacial score (nSPS) is 10.7. The number of aryl methyl sites for hydroxylation is 1. The molecule has 0 saturated carbocycles. The van der Waals surface area contributed by atoms with E-state index in [1.807, 2.05) is 24.3 Å². The number of rotatable bonds is 6. The summed E-state index contributed by atoms with van der Waals surface area (Å²) in [5.41, 5.74) is 2.15. The van der Waals surface area contributed by atoms with Gasteiger partial charge in [-0.25, -0.2) is 9.37 Å². The van der Waals surface area contributed by atoms with Crippen LogP contribution in [0.15, 0.2) is 48.5 Å². The molecule has 0 unspecified atom stereocenters. The van der Waals surface area contributed by atoms with Crippen LogP contribution in [0.2, 0.25) is 0 Å². The standard InChI is InChI=1S/C19H19FN4O2/c1-24(12-18(25)21-14-6-4-5-13(20)11-14)19(26)10-9-17-22-15-7-2-3-8-16(15)23-17/h2-8,11H,9-10,12H2,1H3,(H,21,25)(H,22,23). The average molecular weight is 354 g/mol. The zero-order chi connectivity index (χ0) is 18.5. The van der Waals surface area contributed by atoms with E-state index in [1.54, 1.807) is 13.1 Å². The summed E-state index contributed by atoms with van der Waals surface area (Å²) in [7, 11) is 1.56. The minimum Gasteiger partial charge on any atom is -0.342 e. The fourth-order valence-corrected chi connectivity index (χ4v) is 2.61. The lowest BCUT2D eigenvalue weighted by molar-refractivity contribution is -0.133. The molecule has 0 atom stereocenters. The van der Waals surface area contributed by atoms with Crippen molar-refractivity contribution in [1.29, 1.82) is 0 Å². The molecule has 0 aliphatic heterocycles. The fraction of sp³-hybridized carbons (Fsp3) is 0.211. The van der Waals surface area contributed by atoms with Gasteiger partial charge in [0.2, 0.25) is 11.8 Å². The molecule has 0 bridgehead atoms. The Labute approximate surface area is 150 Å². The number of carbonyl (C=O) groups excluding carboxylic acids is 2. The Morgan fingerprint density at radius 1 is 1.19 bits per heavy atom. The molecular formula is C19H19FN4O2. The van der Waals surface area contributed by atoms with E-state index in [1.165, 1.54) is 23.1 Å². The number of nitrogens with zero attached hydrogens (tertiary/aromatic N) is 2. The van der Waals surface area contributed by atoms with Gasteiger partial charge in [0.1, 0.15) is 11.6 Å². The lowest BCUT2D eigenvalue weighted by Gasteiger charge is -2.16. The molecule has 7 heteroatoms. The van der Waals surface area contributed by atoms with Gasteiger partial charge < -0.3 is 15.2 Å². The molecule has 0 saturated heterocycles. The van der Waals surface area contributed by atoms with Crippen LogP contribution in [-0.4, -0.2) is 40.3 Å². The monoisotopic (exact) mass is 354 g/mol. The summed E-state index contributed by atoms with van der Waals surface area (Å²) in [5.74, 6) is -0.245. The first-order valence-electron chi connectivity index (χ1n) is 8.24. The Balaban J connectivity index is 1.50. The van der Waals surface area contributed by atoms with Crippen LogP contribution in [0.4, 0.5) is 10.1 Å². The lowest BCUT2D eigenvalue weighted by atomic mass is 10.2. The number of imidazole rings is 1. The van der Waals surface area contributed by atoms with Crippen molar-refractivity contribution in [2.24, 2.45) is 0 Å². The Hall–Kier alpha value is -3.22. The predicted octanol–water partition coefficient (Wildman–Crippen LogP) is 2.73. The number of benzene rings is 2. The Morgan fingerprint density at radius 3 is 2.77 bits per heavy atom. The van der Waals surface area contributed by atoms with Gasteiger partial charge in [-0.15, -0.1) is 0 Å². The summed E-state index contributed by atoms with van der Waals surface area (Å²) in [5, 5.41) is 2.57. The highest BCUT2D eigenvalue weighted by Gasteiger charge is 2.14. The van der Waals surface area contributed by atoms with E-state index in [-0.39, 0.29) is 24.8 Å². The van der Waals surface area contributed by atoms with Gasteiger partial charge in [-0.1, -0.05) is 18.2 Å². The van der Waals surface area contributed by atoms with E-state index in [4.69, 9.17) is 0 Å².